The second-order valence-corrected chi connectivity index (χ2v) is 6.59. The summed E-state index contributed by atoms with van der Waals surface area (Å²) in [6.45, 7) is 3.91. The lowest BCUT2D eigenvalue weighted by molar-refractivity contribution is -0.274. The van der Waals surface area contributed by atoms with Crippen LogP contribution in [0.4, 0.5) is 19.0 Å². The van der Waals surface area contributed by atoms with Crippen LogP contribution in [0.25, 0.3) is 0 Å². The first-order chi connectivity index (χ1) is 13.3. The summed E-state index contributed by atoms with van der Waals surface area (Å²) in [5, 5.41) is 2.69. The fourth-order valence-corrected chi connectivity index (χ4v) is 3.05. The zero-order valence-electron chi connectivity index (χ0n) is 15.4. The minimum Gasteiger partial charge on any atom is -0.406 e. The Morgan fingerprint density at radius 1 is 1.14 bits per heavy atom. The van der Waals surface area contributed by atoms with Crippen molar-refractivity contribution in [3.63, 3.8) is 0 Å². The molecule has 150 valence electrons. The monoisotopic (exact) mass is 394 g/mol. The number of hydrogen-bond acceptors (Lipinski definition) is 5. The number of aryl methyl sites for hydroxylation is 1. The number of ether oxygens (including phenoxy) is 1. The molecule has 6 nitrogen and oxygen atoms in total. The number of benzene rings is 1. The molecule has 0 unspecified atom stereocenters. The summed E-state index contributed by atoms with van der Waals surface area (Å²) in [6.07, 6.45) is -1.29. The summed E-state index contributed by atoms with van der Waals surface area (Å²) in [5.41, 5.74) is 1.03. The molecule has 2 heterocycles. The Hall–Kier alpha value is -2.84. The lowest BCUT2D eigenvalue weighted by Gasteiger charge is -2.28. The third-order valence-electron chi connectivity index (χ3n) is 4.32. The van der Waals surface area contributed by atoms with Crippen LogP contribution in [0.2, 0.25) is 0 Å². The van der Waals surface area contributed by atoms with E-state index in [1.165, 1.54) is 18.6 Å². The summed E-state index contributed by atoms with van der Waals surface area (Å²) < 4.78 is 40.4. The topological polar surface area (TPSA) is 67.4 Å². The SMILES string of the molecule is Cc1cc(N2CCCCC2)nc(CNC(=O)c2ccc(OC(F)(F)F)cc2)n1. The van der Waals surface area contributed by atoms with Crippen molar-refractivity contribution < 1.29 is 22.7 Å². The van der Waals surface area contributed by atoms with E-state index >= 15 is 0 Å². The minimum atomic E-state index is -4.77. The number of nitrogens with zero attached hydrogens (tertiary/aromatic N) is 3. The summed E-state index contributed by atoms with van der Waals surface area (Å²) in [4.78, 5) is 23.3. The van der Waals surface area contributed by atoms with E-state index in [2.05, 4.69) is 24.9 Å². The van der Waals surface area contributed by atoms with Gasteiger partial charge in [0.1, 0.15) is 17.4 Å². The molecule has 1 amide bonds. The first-order valence-electron chi connectivity index (χ1n) is 9.04. The predicted octanol–water partition coefficient (Wildman–Crippen LogP) is 3.60. The number of anilines is 1. The fraction of sp³-hybridized carbons (Fsp3) is 0.421. The van der Waals surface area contributed by atoms with E-state index in [9.17, 15) is 18.0 Å². The third-order valence-corrected chi connectivity index (χ3v) is 4.32. The largest absolute Gasteiger partial charge is 0.573 e. The fourth-order valence-electron chi connectivity index (χ4n) is 3.05. The molecule has 2 aromatic rings. The number of rotatable bonds is 5. The smallest absolute Gasteiger partial charge is 0.406 e. The van der Waals surface area contributed by atoms with E-state index in [4.69, 9.17) is 0 Å². The first kappa shape index (κ1) is 19.9. The lowest BCUT2D eigenvalue weighted by Crippen LogP contribution is -2.31. The maximum atomic E-state index is 12.2. The van der Waals surface area contributed by atoms with Crippen molar-refractivity contribution in [2.45, 2.75) is 39.1 Å². The number of halogens is 3. The van der Waals surface area contributed by atoms with Gasteiger partial charge in [-0.05, 0) is 50.5 Å². The number of nitrogens with one attached hydrogen (secondary N) is 1. The van der Waals surface area contributed by atoms with Gasteiger partial charge in [0, 0.05) is 30.4 Å². The Labute approximate surface area is 160 Å². The maximum absolute atomic E-state index is 12.2. The van der Waals surface area contributed by atoms with Crippen LogP contribution in [0.1, 0.15) is 41.1 Å². The molecule has 0 bridgehead atoms. The van der Waals surface area contributed by atoms with Crippen LogP contribution in [0.15, 0.2) is 30.3 Å². The molecular weight excluding hydrogens is 373 g/mol. The van der Waals surface area contributed by atoms with E-state index in [1.807, 2.05) is 13.0 Å². The van der Waals surface area contributed by atoms with Gasteiger partial charge in [0.2, 0.25) is 0 Å². The number of carbonyl (C=O) groups is 1. The predicted molar refractivity (Wildman–Crippen MR) is 97.1 cm³/mol. The molecule has 1 fully saturated rings. The van der Waals surface area contributed by atoms with Crippen LogP contribution in [-0.4, -0.2) is 35.3 Å². The average Bonchev–Trinajstić information content (AvgIpc) is 2.66. The molecule has 0 saturated carbocycles. The molecule has 0 spiro atoms. The molecule has 0 aliphatic carbocycles. The Kier molecular flexibility index (Phi) is 6.01. The molecule has 1 saturated heterocycles. The molecule has 0 atom stereocenters. The van der Waals surface area contributed by atoms with E-state index in [1.54, 1.807) is 0 Å². The van der Waals surface area contributed by atoms with Crippen molar-refractivity contribution in [2.75, 3.05) is 18.0 Å². The number of piperidine rings is 1. The van der Waals surface area contributed by atoms with Gasteiger partial charge in [-0.15, -0.1) is 13.2 Å². The van der Waals surface area contributed by atoms with E-state index in [0.29, 0.717) is 5.82 Å². The third kappa shape index (κ3) is 5.58. The van der Waals surface area contributed by atoms with Gasteiger partial charge in [-0.25, -0.2) is 9.97 Å². The van der Waals surface area contributed by atoms with Gasteiger partial charge in [-0.2, -0.15) is 0 Å². The van der Waals surface area contributed by atoms with E-state index < -0.39 is 12.3 Å². The van der Waals surface area contributed by atoms with Crippen LogP contribution < -0.4 is 15.0 Å². The minimum absolute atomic E-state index is 0.127. The van der Waals surface area contributed by atoms with Crippen molar-refractivity contribution in [1.82, 2.24) is 15.3 Å². The number of carbonyl (C=O) groups excluding carboxylic acids is 1. The van der Waals surface area contributed by atoms with Gasteiger partial charge in [0.05, 0.1) is 6.54 Å². The van der Waals surface area contributed by atoms with Crippen molar-refractivity contribution in [3.8, 4) is 5.75 Å². The van der Waals surface area contributed by atoms with Gasteiger partial charge in [-0.3, -0.25) is 4.79 Å². The Bertz CT molecular complexity index is 819. The molecule has 1 N–H and O–H groups in total. The molecule has 28 heavy (non-hydrogen) atoms. The second-order valence-electron chi connectivity index (χ2n) is 6.59. The van der Waals surface area contributed by atoms with Gasteiger partial charge < -0.3 is 15.0 Å². The van der Waals surface area contributed by atoms with E-state index in [0.717, 1.165) is 49.6 Å². The lowest BCUT2D eigenvalue weighted by atomic mass is 10.1. The van der Waals surface area contributed by atoms with Crippen LogP contribution in [0.3, 0.4) is 0 Å². The van der Waals surface area contributed by atoms with Crippen molar-refractivity contribution in [3.05, 3.63) is 47.4 Å². The molecule has 9 heteroatoms. The second kappa shape index (κ2) is 8.45. The van der Waals surface area contributed by atoms with Crippen molar-refractivity contribution in [2.24, 2.45) is 0 Å². The highest BCUT2D eigenvalue weighted by atomic mass is 19.4. The van der Waals surface area contributed by atoms with Gasteiger partial charge in [0.15, 0.2) is 0 Å². The summed E-state index contributed by atoms with van der Waals surface area (Å²) in [5.74, 6) is 0.538. The van der Waals surface area contributed by atoms with E-state index in [-0.39, 0.29) is 17.9 Å². The summed E-state index contributed by atoms with van der Waals surface area (Å²) >= 11 is 0. The summed E-state index contributed by atoms with van der Waals surface area (Å²) in [7, 11) is 0. The highest BCUT2D eigenvalue weighted by molar-refractivity contribution is 5.94. The number of amides is 1. The number of aromatic nitrogens is 2. The Morgan fingerprint density at radius 3 is 2.46 bits per heavy atom. The van der Waals surface area contributed by atoms with Crippen molar-refractivity contribution in [1.29, 1.82) is 0 Å². The van der Waals surface area contributed by atoms with Crippen LogP contribution in [0.5, 0.6) is 5.75 Å². The molecular formula is C19H21F3N4O2. The van der Waals surface area contributed by atoms with Gasteiger partial charge >= 0.3 is 6.36 Å². The van der Waals surface area contributed by atoms with Gasteiger partial charge in [-0.1, -0.05) is 0 Å². The Balaban J connectivity index is 1.62. The maximum Gasteiger partial charge on any atom is 0.573 e. The summed E-state index contributed by atoms with van der Waals surface area (Å²) in [6, 6.07) is 6.66. The zero-order chi connectivity index (χ0) is 20.1. The zero-order valence-corrected chi connectivity index (χ0v) is 15.4. The molecule has 1 aliphatic heterocycles. The molecule has 3 rings (SSSR count). The quantitative estimate of drug-likeness (QED) is 0.839. The number of alkyl halides is 3. The molecule has 1 aromatic carbocycles. The normalized spacial score (nSPS) is 14.6. The highest BCUT2D eigenvalue weighted by Crippen LogP contribution is 2.23. The molecule has 0 radical (unpaired) electrons. The van der Waals surface area contributed by atoms with Crippen LogP contribution in [0, 0.1) is 6.92 Å². The Morgan fingerprint density at radius 2 is 1.82 bits per heavy atom. The highest BCUT2D eigenvalue weighted by Gasteiger charge is 2.31. The molecule has 1 aromatic heterocycles. The number of hydrogen-bond donors (Lipinski definition) is 1. The van der Waals surface area contributed by atoms with Crippen LogP contribution in [-0.2, 0) is 6.54 Å². The average molecular weight is 394 g/mol. The standard InChI is InChI=1S/C19H21F3N4O2/c1-13-11-17(26-9-3-2-4-10-26)25-16(24-13)12-23-18(27)14-5-7-15(8-6-14)28-19(20,21)22/h5-8,11H,2-4,9-10,12H2,1H3,(H,23,27). The first-order valence-corrected chi connectivity index (χ1v) is 9.04. The van der Waals surface area contributed by atoms with Crippen LogP contribution >= 0.6 is 0 Å². The van der Waals surface area contributed by atoms with Gasteiger partial charge in [0.25, 0.3) is 5.91 Å². The molecule has 1 aliphatic rings. The van der Waals surface area contributed by atoms with Crippen molar-refractivity contribution >= 4 is 11.7 Å².